The second-order valence-corrected chi connectivity index (χ2v) is 3.41. The molecule has 0 spiro atoms. The molecule has 0 fully saturated rings. The summed E-state index contributed by atoms with van der Waals surface area (Å²) in [5.74, 6) is -2.44. The van der Waals surface area contributed by atoms with Crippen molar-refractivity contribution >= 4 is 24.6 Å². The number of carboxylic acids is 2. The molecule has 2 atom stereocenters. The molecule has 0 aromatic heterocycles. The first-order chi connectivity index (χ1) is 6.47. The van der Waals surface area contributed by atoms with Crippen molar-refractivity contribution in [1.82, 2.24) is 0 Å². The first-order valence-electron chi connectivity index (χ1n) is 4.20. The quantitative estimate of drug-likeness (QED) is 0.463. The van der Waals surface area contributed by atoms with E-state index in [1.165, 1.54) is 0 Å². The van der Waals surface area contributed by atoms with E-state index in [0.29, 0.717) is 0 Å². The molecule has 0 aliphatic heterocycles. The van der Waals surface area contributed by atoms with Gasteiger partial charge in [0.05, 0.1) is 12.5 Å². The molecule has 0 saturated heterocycles. The number of rotatable bonds is 7. The molecule has 6 heteroatoms. The minimum atomic E-state index is -1.04. The van der Waals surface area contributed by atoms with Gasteiger partial charge in [0.25, 0.3) is 0 Å². The predicted molar refractivity (Wildman–Crippen MR) is 52.5 cm³/mol. The van der Waals surface area contributed by atoms with Crippen LogP contribution in [0.2, 0.25) is 0 Å². The molecule has 82 valence electrons. The van der Waals surface area contributed by atoms with E-state index in [9.17, 15) is 14.7 Å². The van der Waals surface area contributed by atoms with E-state index in [-0.39, 0.29) is 25.0 Å². The van der Waals surface area contributed by atoms with Crippen molar-refractivity contribution in [2.45, 2.75) is 25.4 Å². The number of aliphatic hydroxyl groups excluding tert-OH is 1. The van der Waals surface area contributed by atoms with Crippen molar-refractivity contribution < 1.29 is 24.9 Å². The molecule has 3 N–H and O–H groups in total. The molecule has 14 heavy (non-hydrogen) atoms. The second kappa shape index (κ2) is 6.67. The van der Waals surface area contributed by atoms with Gasteiger partial charge in [-0.25, -0.2) is 0 Å². The van der Waals surface area contributed by atoms with Crippen LogP contribution in [0.1, 0.15) is 19.3 Å². The first-order valence-corrected chi connectivity index (χ1v) is 4.83. The maximum Gasteiger partial charge on any atom is 0.303 e. The maximum absolute atomic E-state index is 10.4. The van der Waals surface area contributed by atoms with Crippen molar-refractivity contribution in [3.05, 3.63) is 0 Å². The van der Waals surface area contributed by atoms with Crippen LogP contribution in [-0.4, -0.2) is 39.1 Å². The standard InChI is InChI=1S/C8H14O5S/c9-6(4-14)5(3-8(12)13)1-2-7(10)11/h5-6,9,14H,1-4H2,(H,10,11)(H,12,13). The van der Waals surface area contributed by atoms with Crippen LogP contribution in [0, 0.1) is 5.92 Å². The maximum atomic E-state index is 10.4. The summed E-state index contributed by atoms with van der Waals surface area (Å²) in [5.41, 5.74) is 0. The molecule has 0 aromatic carbocycles. The molecular formula is C8H14O5S. The van der Waals surface area contributed by atoms with E-state index >= 15 is 0 Å². The number of hydrogen-bond donors (Lipinski definition) is 4. The summed E-state index contributed by atoms with van der Waals surface area (Å²) in [5, 5.41) is 26.3. The monoisotopic (exact) mass is 222 g/mol. The van der Waals surface area contributed by atoms with E-state index in [4.69, 9.17) is 10.2 Å². The highest BCUT2D eigenvalue weighted by Gasteiger charge is 2.21. The van der Waals surface area contributed by atoms with Gasteiger partial charge in [0.15, 0.2) is 0 Å². The van der Waals surface area contributed by atoms with Gasteiger partial charge < -0.3 is 15.3 Å². The Labute approximate surface area is 87.2 Å². The number of aliphatic hydroxyl groups is 1. The molecule has 0 aliphatic rings. The van der Waals surface area contributed by atoms with E-state index in [2.05, 4.69) is 12.6 Å². The number of carbonyl (C=O) groups is 2. The zero-order valence-electron chi connectivity index (χ0n) is 7.59. The number of hydrogen-bond acceptors (Lipinski definition) is 4. The third kappa shape index (κ3) is 5.82. The topological polar surface area (TPSA) is 94.8 Å². The van der Waals surface area contributed by atoms with Crippen LogP contribution in [0.5, 0.6) is 0 Å². The van der Waals surface area contributed by atoms with Crippen LogP contribution in [0.3, 0.4) is 0 Å². The molecule has 0 amide bonds. The predicted octanol–water partition coefficient (Wildman–Crippen LogP) is 0.233. The van der Waals surface area contributed by atoms with Gasteiger partial charge in [0, 0.05) is 12.2 Å². The fourth-order valence-corrected chi connectivity index (χ4v) is 1.41. The zero-order valence-corrected chi connectivity index (χ0v) is 8.48. The average Bonchev–Trinajstić information content (AvgIpc) is 2.10. The summed E-state index contributed by atoms with van der Waals surface area (Å²) in [6.45, 7) is 0. The van der Waals surface area contributed by atoms with Crippen molar-refractivity contribution in [2.75, 3.05) is 5.75 Å². The number of thiol groups is 1. The Bertz CT molecular complexity index is 206. The largest absolute Gasteiger partial charge is 0.481 e. The summed E-state index contributed by atoms with van der Waals surface area (Å²) in [6.07, 6.45) is -1.07. The molecule has 0 saturated carbocycles. The van der Waals surface area contributed by atoms with Gasteiger partial charge in [-0.1, -0.05) is 0 Å². The Morgan fingerprint density at radius 3 is 2.14 bits per heavy atom. The normalized spacial score (nSPS) is 14.7. The van der Waals surface area contributed by atoms with Crippen molar-refractivity contribution in [3.8, 4) is 0 Å². The van der Waals surface area contributed by atoms with Crippen LogP contribution >= 0.6 is 12.6 Å². The summed E-state index contributed by atoms with van der Waals surface area (Å²) < 4.78 is 0. The Morgan fingerprint density at radius 1 is 1.21 bits per heavy atom. The second-order valence-electron chi connectivity index (χ2n) is 3.04. The van der Waals surface area contributed by atoms with Crippen LogP contribution in [0.4, 0.5) is 0 Å². The van der Waals surface area contributed by atoms with Crippen molar-refractivity contribution in [1.29, 1.82) is 0 Å². The Balaban J connectivity index is 4.09. The molecule has 0 heterocycles. The van der Waals surface area contributed by atoms with Crippen LogP contribution in [-0.2, 0) is 9.59 Å². The van der Waals surface area contributed by atoms with Crippen molar-refractivity contribution in [3.63, 3.8) is 0 Å². The molecule has 0 aromatic rings. The lowest BCUT2D eigenvalue weighted by Crippen LogP contribution is -2.25. The highest BCUT2D eigenvalue weighted by molar-refractivity contribution is 7.80. The summed E-state index contributed by atoms with van der Waals surface area (Å²) in [7, 11) is 0. The van der Waals surface area contributed by atoms with Gasteiger partial charge in [-0.05, 0) is 12.3 Å². The minimum absolute atomic E-state index is 0.136. The van der Waals surface area contributed by atoms with E-state index in [1.54, 1.807) is 0 Å². The van der Waals surface area contributed by atoms with Gasteiger partial charge in [-0.2, -0.15) is 12.6 Å². The van der Waals surface area contributed by atoms with E-state index < -0.39 is 24.0 Å². The third-order valence-electron chi connectivity index (χ3n) is 1.90. The minimum Gasteiger partial charge on any atom is -0.481 e. The molecule has 0 aliphatic carbocycles. The zero-order chi connectivity index (χ0) is 11.1. The molecule has 0 bridgehead atoms. The molecule has 0 radical (unpaired) electrons. The lowest BCUT2D eigenvalue weighted by Gasteiger charge is -2.18. The van der Waals surface area contributed by atoms with Gasteiger partial charge in [-0.15, -0.1) is 0 Å². The third-order valence-corrected chi connectivity index (χ3v) is 2.27. The van der Waals surface area contributed by atoms with Gasteiger partial charge in [0.2, 0.25) is 0 Å². The Hall–Kier alpha value is -0.750. The van der Waals surface area contributed by atoms with E-state index in [0.717, 1.165) is 0 Å². The number of carboxylic acid groups (broad SMARTS) is 2. The van der Waals surface area contributed by atoms with Gasteiger partial charge >= 0.3 is 11.9 Å². The van der Waals surface area contributed by atoms with Crippen LogP contribution in [0.25, 0.3) is 0 Å². The fourth-order valence-electron chi connectivity index (χ4n) is 1.11. The highest BCUT2D eigenvalue weighted by atomic mass is 32.1. The van der Waals surface area contributed by atoms with Crippen molar-refractivity contribution in [2.24, 2.45) is 5.92 Å². The highest BCUT2D eigenvalue weighted by Crippen LogP contribution is 2.17. The lowest BCUT2D eigenvalue weighted by atomic mass is 9.94. The average molecular weight is 222 g/mol. The molecule has 5 nitrogen and oxygen atoms in total. The van der Waals surface area contributed by atoms with Gasteiger partial charge in [0.1, 0.15) is 0 Å². The summed E-state index contributed by atoms with van der Waals surface area (Å²) in [4.78, 5) is 20.6. The molecule has 2 unspecified atom stereocenters. The first kappa shape index (κ1) is 13.2. The summed E-state index contributed by atoms with van der Waals surface area (Å²) in [6, 6.07) is 0. The molecule has 0 rings (SSSR count). The van der Waals surface area contributed by atoms with E-state index in [1.807, 2.05) is 0 Å². The molecular weight excluding hydrogens is 208 g/mol. The number of aliphatic carboxylic acids is 2. The lowest BCUT2D eigenvalue weighted by molar-refractivity contribution is -0.141. The van der Waals surface area contributed by atoms with Crippen LogP contribution in [0.15, 0.2) is 0 Å². The van der Waals surface area contributed by atoms with Gasteiger partial charge in [-0.3, -0.25) is 9.59 Å². The smallest absolute Gasteiger partial charge is 0.303 e. The fraction of sp³-hybridized carbons (Fsp3) is 0.750. The summed E-state index contributed by atoms with van der Waals surface area (Å²) >= 11 is 3.83. The Morgan fingerprint density at radius 2 is 1.79 bits per heavy atom. The Kier molecular flexibility index (Phi) is 6.31. The van der Waals surface area contributed by atoms with Crippen LogP contribution < -0.4 is 0 Å². The SMILES string of the molecule is O=C(O)CCC(CC(=O)O)C(O)CS.